The second-order valence-corrected chi connectivity index (χ2v) is 7.06. The summed E-state index contributed by atoms with van der Waals surface area (Å²) in [6.07, 6.45) is 7.00. The molecule has 0 radical (unpaired) electrons. The molecule has 1 saturated heterocycles. The molecule has 0 spiro atoms. The van der Waals surface area contributed by atoms with Crippen molar-refractivity contribution in [2.24, 2.45) is 0 Å². The quantitative estimate of drug-likeness (QED) is 0.904. The summed E-state index contributed by atoms with van der Waals surface area (Å²) in [5.74, 6) is 1.52. The number of fused-ring (bicyclic) bond motifs is 1. The van der Waals surface area contributed by atoms with Crippen LogP contribution in [0.5, 0.6) is 11.5 Å². The molecule has 4 nitrogen and oxygen atoms in total. The van der Waals surface area contributed by atoms with Crippen molar-refractivity contribution < 1.29 is 14.3 Å². The third-order valence-electron chi connectivity index (χ3n) is 5.85. The van der Waals surface area contributed by atoms with E-state index < -0.39 is 0 Å². The lowest BCUT2D eigenvalue weighted by Gasteiger charge is -2.51. The molecule has 5 heteroatoms. The molecule has 0 saturated carbocycles. The van der Waals surface area contributed by atoms with E-state index >= 15 is 0 Å². The summed E-state index contributed by atoms with van der Waals surface area (Å²) in [7, 11) is 3.27. The highest BCUT2D eigenvalue weighted by atomic mass is 35.5. The number of benzene rings is 1. The zero-order valence-corrected chi connectivity index (χ0v) is 14.1. The SMILES string of the molecule is COc1cc(Cl)c2c(c1OC)[C@@]13CCN[C@@]1(C=CC(=O)C3)CC2. The highest BCUT2D eigenvalue weighted by molar-refractivity contribution is 6.31. The molecule has 0 amide bonds. The summed E-state index contributed by atoms with van der Waals surface area (Å²) >= 11 is 6.55. The largest absolute Gasteiger partial charge is 0.493 e. The van der Waals surface area contributed by atoms with Crippen LogP contribution in [0.25, 0.3) is 0 Å². The lowest BCUT2D eigenvalue weighted by atomic mass is 9.55. The van der Waals surface area contributed by atoms with Gasteiger partial charge in [0, 0.05) is 34.0 Å². The van der Waals surface area contributed by atoms with E-state index in [0.29, 0.717) is 17.2 Å². The van der Waals surface area contributed by atoms with Crippen molar-refractivity contribution in [1.29, 1.82) is 0 Å². The monoisotopic (exact) mass is 333 g/mol. The van der Waals surface area contributed by atoms with Gasteiger partial charge in [0.2, 0.25) is 0 Å². The van der Waals surface area contributed by atoms with Gasteiger partial charge in [-0.2, -0.15) is 0 Å². The average Bonchev–Trinajstić information content (AvgIpc) is 2.94. The molecule has 1 fully saturated rings. The van der Waals surface area contributed by atoms with E-state index in [0.717, 1.165) is 42.7 Å². The number of rotatable bonds is 2. The molecule has 1 aromatic rings. The smallest absolute Gasteiger partial charge is 0.164 e. The number of halogens is 1. The number of carbonyl (C=O) groups is 1. The second kappa shape index (κ2) is 4.99. The number of ether oxygens (including phenoxy) is 2. The van der Waals surface area contributed by atoms with Crippen LogP contribution >= 0.6 is 11.6 Å². The Balaban J connectivity index is 2.06. The normalized spacial score (nSPS) is 31.3. The first-order chi connectivity index (χ1) is 11.1. The fourth-order valence-electron chi connectivity index (χ4n) is 4.87. The van der Waals surface area contributed by atoms with Crippen LogP contribution in [-0.4, -0.2) is 32.1 Å². The lowest BCUT2D eigenvalue weighted by molar-refractivity contribution is -0.117. The maximum atomic E-state index is 12.3. The van der Waals surface area contributed by atoms with Crippen LogP contribution in [0.4, 0.5) is 0 Å². The fraction of sp³-hybridized carbons (Fsp3) is 0.500. The van der Waals surface area contributed by atoms with E-state index in [1.54, 1.807) is 20.3 Å². The minimum Gasteiger partial charge on any atom is -0.493 e. The van der Waals surface area contributed by atoms with Crippen LogP contribution in [0.15, 0.2) is 18.2 Å². The topological polar surface area (TPSA) is 47.6 Å². The number of nitrogens with one attached hydrogen (secondary N) is 1. The molecular weight excluding hydrogens is 314 g/mol. The van der Waals surface area contributed by atoms with Crippen molar-refractivity contribution >= 4 is 17.4 Å². The molecule has 2 atom stereocenters. The van der Waals surface area contributed by atoms with E-state index in [4.69, 9.17) is 21.1 Å². The van der Waals surface area contributed by atoms with E-state index in [-0.39, 0.29) is 16.7 Å². The van der Waals surface area contributed by atoms with Crippen LogP contribution in [-0.2, 0) is 16.6 Å². The van der Waals surface area contributed by atoms with Gasteiger partial charge in [0.05, 0.1) is 14.2 Å². The molecule has 1 aliphatic heterocycles. The first-order valence-electron chi connectivity index (χ1n) is 7.98. The summed E-state index contributed by atoms with van der Waals surface area (Å²) in [4.78, 5) is 12.3. The van der Waals surface area contributed by atoms with Crippen molar-refractivity contribution in [3.8, 4) is 11.5 Å². The van der Waals surface area contributed by atoms with Gasteiger partial charge >= 0.3 is 0 Å². The van der Waals surface area contributed by atoms with Crippen molar-refractivity contribution in [3.63, 3.8) is 0 Å². The number of hydrogen-bond donors (Lipinski definition) is 1. The molecule has 23 heavy (non-hydrogen) atoms. The fourth-order valence-corrected chi connectivity index (χ4v) is 5.16. The predicted octanol–water partition coefficient (Wildman–Crippen LogP) is 2.80. The maximum absolute atomic E-state index is 12.3. The molecule has 1 heterocycles. The van der Waals surface area contributed by atoms with Crippen LogP contribution in [0.2, 0.25) is 5.02 Å². The summed E-state index contributed by atoms with van der Waals surface area (Å²) < 4.78 is 11.2. The molecule has 0 unspecified atom stereocenters. The summed E-state index contributed by atoms with van der Waals surface area (Å²) in [5, 5.41) is 4.36. The van der Waals surface area contributed by atoms with Crippen LogP contribution in [0.3, 0.4) is 0 Å². The number of ketones is 1. The number of carbonyl (C=O) groups excluding carboxylic acids is 1. The van der Waals surface area contributed by atoms with Crippen LogP contribution in [0, 0.1) is 0 Å². The van der Waals surface area contributed by atoms with Crippen molar-refractivity contribution in [2.45, 2.75) is 36.6 Å². The Morgan fingerprint density at radius 2 is 2.09 bits per heavy atom. The van der Waals surface area contributed by atoms with Gasteiger partial charge in [-0.1, -0.05) is 17.7 Å². The summed E-state index contributed by atoms with van der Waals surface area (Å²) in [6, 6.07) is 1.83. The Morgan fingerprint density at radius 1 is 1.26 bits per heavy atom. The Kier molecular flexibility index (Phi) is 3.26. The second-order valence-electron chi connectivity index (χ2n) is 6.65. The van der Waals surface area contributed by atoms with Gasteiger partial charge in [-0.3, -0.25) is 4.79 Å². The molecule has 0 aromatic heterocycles. The minimum atomic E-state index is -0.296. The van der Waals surface area contributed by atoms with E-state index in [9.17, 15) is 4.79 Å². The molecule has 0 bridgehead atoms. The Labute approximate surface area is 140 Å². The van der Waals surface area contributed by atoms with Gasteiger partial charge in [0.1, 0.15) is 0 Å². The summed E-state index contributed by atoms with van der Waals surface area (Å²) in [6.45, 7) is 0.884. The number of hydrogen-bond acceptors (Lipinski definition) is 4. The molecular formula is C18H20ClNO3. The molecule has 122 valence electrons. The van der Waals surface area contributed by atoms with Gasteiger partial charge < -0.3 is 14.8 Å². The lowest BCUT2D eigenvalue weighted by Crippen LogP contribution is -2.58. The average molecular weight is 334 g/mol. The van der Waals surface area contributed by atoms with Crippen LogP contribution < -0.4 is 14.8 Å². The van der Waals surface area contributed by atoms with Crippen LogP contribution in [0.1, 0.15) is 30.4 Å². The van der Waals surface area contributed by atoms with E-state index in [2.05, 4.69) is 11.4 Å². The van der Waals surface area contributed by atoms with Crippen molar-refractivity contribution in [1.82, 2.24) is 5.32 Å². The minimum absolute atomic E-state index is 0.165. The van der Waals surface area contributed by atoms with E-state index in [1.807, 2.05) is 6.07 Å². The molecule has 2 aliphatic carbocycles. The first kappa shape index (κ1) is 15.0. The molecule has 1 aromatic carbocycles. The third-order valence-corrected chi connectivity index (χ3v) is 6.18. The zero-order valence-electron chi connectivity index (χ0n) is 13.4. The zero-order chi connectivity index (χ0) is 16.2. The van der Waals surface area contributed by atoms with Crippen molar-refractivity contribution in [2.75, 3.05) is 20.8 Å². The summed E-state index contributed by atoms with van der Waals surface area (Å²) in [5.41, 5.74) is 1.69. The van der Waals surface area contributed by atoms with Crippen molar-refractivity contribution in [3.05, 3.63) is 34.4 Å². The molecule has 3 aliphatic rings. The Bertz CT molecular complexity index is 729. The highest BCUT2D eigenvalue weighted by Crippen LogP contribution is 2.59. The maximum Gasteiger partial charge on any atom is 0.164 e. The van der Waals surface area contributed by atoms with E-state index in [1.165, 1.54) is 0 Å². The third kappa shape index (κ3) is 1.79. The standard InChI is InChI=1S/C18H20ClNO3/c1-22-14-9-13(19)12-4-6-18-5-3-11(21)10-17(18,7-8-20-18)15(12)16(14)23-2/h3,5,9,20H,4,6-8,10H2,1-2H3/t17-,18-/m0/s1. The van der Waals surface area contributed by atoms with Gasteiger partial charge in [-0.25, -0.2) is 0 Å². The Morgan fingerprint density at radius 3 is 2.83 bits per heavy atom. The van der Waals surface area contributed by atoms with Gasteiger partial charge in [0.25, 0.3) is 0 Å². The molecule has 1 N–H and O–H groups in total. The predicted molar refractivity (Wildman–Crippen MR) is 88.7 cm³/mol. The number of allylic oxidation sites excluding steroid dienone is 1. The number of methoxy groups -OCH3 is 2. The van der Waals surface area contributed by atoms with Gasteiger partial charge in [-0.05, 0) is 37.4 Å². The highest BCUT2D eigenvalue weighted by Gasteiger charge is 2.60. The molecule has 4 rings (SSSR count). The van der Waals surface area contributed by atoms with Gasteiger partial charge in [-0.15, -0.1) is 0 Å². The first-order valence-corrected chi connectivity index (χ1v) is 8.36. The van der Waals surface area contributed by atoms with Gasteiger partial charge in [0.15, 0.2) is 17.3 Å². The Hall–Kier alpha value is -1.52.